The van der Waals surface area contributed by atoms with Crippen molar-refractivity contribution in [3.63, 3.8) is 0 Å². The third kappa shape index (κ3) is 4.76. The molecule has 6 nitrogen and oxygen atoms in total. The molecule has 158 valence electrons. The summed E-state index contributed by atoms with van der Waals surface area (Å²) in [4.78, 5) is 12.5. The van der Waals surface area contributed by atoms with Crippen LogP contribution in [0.4, 0.5) is 5.69 Å². The number of hydrogen-bond acceptors (Lipinski definition) is 4. The maximum absolute atomic E-state index is 12.5. The van der Waals surface area contributed by atoms with Crippen molar-refractivity contribution in [2.24, 2.45) is 5.92 Å². The van der Waals surface area contributed by atoms with Crippen molar-refractivity contribution in [3.05, 3.63) is 30.1 Å². The molecule has 3 aliphatic heterocycles. The number of halogens is 2. The Balaban J connectivity index is 0.00000120. The number of fused-ring (bicyclic) bond motifs is 3. The van der Waals surface area contributed by atoms with E-state index in [9.17, 15) is 4.79 Å². The van der Waals surface area contributed by atoms with E-state index >= 15 is 0 Å². The Labute approximate surface area is 184 Å². The first-order chi connectivity index (χ1) is 13.2. The minimum absolute atomic E-state index is 0. The van der Waals surface area contributed by atoms with Gasteiger partial charge in [0.1, 0.15) is 5.82 Å². The zero-order valence-corrected chi connectivity index (χ0v) is 18.1. The highest BCUT2D eigenvalue weighted by atomic mass is 35.5. The normalized spacial score (nSPS) is 24.8. The van der Waals surface area contributed by atoms with Crippen molar-refractivity contribution >= 4 is 36.4 Å². The van der Waals surface area contributed by atoms with Crippen molar-refractivity contribution in [1.29, 1.82) is 0 Å². The molecule has 29 heavy (non-hydrogen) atoms. The highest BCUT2D eigenvalue weighted by Crippen LogP contribution is 2.33. The molecule has 5 rings (SSSR count). The van der Waals surface area contributed by atoms with Gasteiger partial charge in [-0.1, -0.05) is 0 Å². The first-order valence-electron chi connectivity index (χ1n) is 10.3. The molecule has 2 aromatic rings. The number of carbonyl (C=O) groups is 1. The minimum atomic E-state index is 0. The van der Waals surface area contributed by atoms with Crippen molar-refractivity contribution in [1.82, 2.24) is 20.1 Å². The largest absolute Gasteiger partial charge is 0.326 e. The first-order valence-corrected chi connectivity index (χ1v) is 10.3. The molecule has 0 saturated carbocycles. The predicted octanol–water partition coefficient (Wildman–Crippen LogP) is 3.98. The lowest BCUT2D eigenvalue weighted by atomic mass is 9.89. The molecule has 4 heterocycles. The summed E-state index contributed by atoms with van der Waals surface area (Å²) in [6.07, 6.45) is 8.86. The molecule has 0 aliphatic carbocycles. The first kappa shape index (κ1) is 22.1. The number of nitrogens with zero attached hydrogens (tertiary/aromatic N) is 3. The van der Waals surface area contributed by atoms with Crippen LogP contribution in [0.1, 0.15) is 50.8 Å². The average Bonchev–Trinajstić information content (AvgIpc) is 3.25. The van der Waals surface area contributed by atoms with Crippen molar-refractivity contribution in [2.45, 2.75) is 70.0 Å². The van der Waals surface area contributed by atoms with Gasteiger partial charge in [0.25, 0.3) is 0 Å². The zero-order chi connectivity index (χ0) is 18.2. The monoisotopic (exact) mass is 437 g/mol. The summed E-state index contributed by atoms with van der Waals surface area (Å²) in [5, 5.41) is 15.4. The number of amides is 1. The summed E-state index contributed by atoms with van der Waals surface area (Å²) in [6, 6.07) is 9.29. The van der Waals surface area contributed by atoms with Gasteiger partial charge in [0.05, 0.1) is 0 Å². The molecule has 2 fully saturated rings. The summed E-state index contributed by atoms with van der Waals surface area (Å²) >= 11 is 0. The van der Waals surface area contributed by atoms with Gasteiger partial charge in [0, 0.05) is 42.7 Å². The Morgan fingerprint density at radius 2 is 1.79 bits per heavy atom. The SMILES string of the molecule is Cl.Cl.O=C(CC1CC2CCC(C1)N2)Nc1ccc(-c2nnc3n2CCCC3)cc1. The van der Waals surface area contributed by atoms with Crippen molar-refractivity contribution < 1.29 is 4.79 Å². The average molecular weight is 438 g/mol. The van der Waals surface area contributed by atoms with E-state index in [0.29, 0.717) is 24.4 Å². The Morgan fingerprint density at radius 3 is 2.52 bits per heavy atom. The van der Waals surface area contributed by atoms with Crippen LogP contribution in [0.15, 0.2) is 24.3 Å². The van der Waals surface area contributed by atoms with E-state index in [2.05, 4.69) is 25.4 Å². The van der Waals surface area contributed by atoms with Crippen LogP contribution in [-0.2, 0) is 17.8 Å². The standard InChI is InChI=1S/C21H27N5O.2ClH/c27-20(13-14-11-17-8-9-18(12-14)22-17)23-16-6-4-15(5-7-16)21-25-24-19-3-1-2-10-26(19)21;;/h4-7,14,17-18,22H,1-3,8-13H2,(H,23,27);2*1H. The van der Waals surface area contributed by atoms with Crippen LogP contribution in [0.5, 0.6) is 0 Å². The predicted molar refractivity (Wildman–Crippen MR) is 119 cm³/mol. The van der Waals surface area contributed by atoms with E-state index in [1.165, 1.54) is 25.7 Å². The third-order valence-electron chi connectivity index (χ3n) is 6.33. The molecule has 8 heteroatoms. The van der Waals surface area contributed by atoms with Gasteiger partial charge in [-0.05, 0) is 68.7 Å². The molecular weight excluding hydrogens is 409 g/mol. The lowest BCUT2D eigenvalue weighted by Crippen LogP contribution is -2.39. The molecule has 3 aliphatic rings. The summed E-state index contributed by atoms with van der Waals surface area (Å²) < 4.78 is 2.22. The summed E-state index contributed by atoms with van der Waals surface area (Å²) in [7, 11) is 0. The summed E-state index contributed by atoms with van der Waals surface area (Å²) in [5.74, 6) is 2.68. The highest BCUT2D eigenvalue weighted by Gasteiger charge is 2.34. The lowest BCUT2D eigenvalue weighted by molar-refractivity contribution is -0.117. The molecule has 1 amide bonds. The van der Waals surface area contributed by atoms with E-state index in [0.717, 1.165) is 48.7 Å². The number of nitrogens with one attached hydrogen (secondary N) is 2. The molecule has 1 aromatic carbocycles. The second-order valence-electron chi connectivity index (χ2n) is 8.35. The van der Waals surface area contributed by atoms with Crippen LogP contribution in [0.2, 0.25) is 0 Å². The van der Waals surface area contributed by atoms with Crippen LogP contribution >= 0.6 is 24.8 Å². The Morgan fingerprint density at radius 1 is 1.07 bits per heavy atom. The summed E-state index contributed by atoms with van der Waals surface area (Å²) in [5.41, 5.74) is 1.92. The van der Waals surface area contributed by atoms with Crippen LogP contribution in [-0.4, -0.2) is 32.8 Å². The molecule has 2 saturated heterocycles. The van der Waals surface area contributed by atoms with Gasteiger partial charge in [-0.25, -0.2) is 0 Å². The second kappa shape index (κ2) is 9.45. The van der Waals surface area contributed by atoms with Gasteiger partial charge in [-0.15, -0.1) is 35.0 Å². The number of carbonyl (C=O) groups excluding carboxylic acids is 1. The molecule has 0 radical (unpaired) electrons. The van der Waals surface area contributed by atoms with Crippen LogP contribution < -0.4 is 10.6 Å². The number of anilines is 1. The van der Waals surface area contributed by atoms with Gasteiger partial charge in [-0.3, -0.25) is 4.79 Å². The van der Waals surface area contributed by atoms with E-state index in [1.54, 1.807) is 0 Å². The van der Waals surface area contributed by atoms with Gasteiger partial charge >= 0.3 is 0 Å². The lowest BCUT2D eigenvalue weighted by Gasteiger charge is -2.28. The fraction of sp³-hybridized carbons (Fsp3) is 0.571. The zero-order valence-electron chi connectivity index (χ0n) is 16.5. The third-order valence-corrected chi connectivity index (χ3v) is 6.33. The maximum Gasteiger partial charge on any atom is 0.224 e. The fourth-order valence-corrected chi connectivity index (χ4v) is 5.04. The molecule has 2 N–H and O–H groups in total. The second-order valence-corrected chi connectivity index (χ2v) is 8.35. The number of hydrogen-bond donors (Lipinski definition) is 2. The van der Waals surface area contributed by atoms with Crippen LogP contribution in [0.3, 0.4) is 0 Å². The van der Waals surface area contributed by atoms with Gasteiger partial charge in [0.2, 0.25) is 5.91 Å². The Kier molecular flexibility index (Phi) is 7.19. The van der Waals surface area contributed by atoms with Crippen LogP contribution in [0.25, 0.3) is 11.4 Å². The molecule has 1 aromatic heterocycles. The topological polar surface area (TPSA) is 71.8 Å². The molecule has 2 atom stereocenters. The number of piperidine rings is 1. The molecule has 2 bridgehead atoms. The number of rotatable bonds is 4. The quantitative estimate of drug-likeness (QED) is 0.758. The van der Waals surface area contributed by atoms with E-state index < -0.39 is 0 Å². The number of aryl methyl sites for hydroxylation is 1. The smallest absolute Gasteiger partial charge is 0.224 e. The van der Waals surface area contributed by atoms with E-state index in [-0.39, 0.29) is 30.7 Å². The van der Waals surface area contributed by atoms with Gasteiger partial charge < -0.3 is 15.2 Å². The van der Waals surface area contributed by atoms with Gasteiger partial charge in [-0.2, -0.15) is 0 Å². The van der Waals surface area contributed by atoms with Crippen molar-refractivity contribution in [3.8, 4) is 11.4 Å². The Hall–Kier alpha value is -1.63. The van der Waals surface area contributed by atoms with Crippen molar-refractivity contribution in [2.75, 3.05) is 5.32 Å². The fourth-order valence-electron chi connectivity index (χ4n) is 5.04. The maximum atomic E-state index is 12.5. The number of benzene rings is 1. The molecule has 2 unspecified atom stereocenters. The molecule has 0 spiro atoms. The molecular formula is C21H29Cl2N5O. The van der Waals surface area contributed by atoms with Crippen LogP contribution in [0, 0.1) is 5.92 Å². The number of aromatic nitrogens is 3. The van der Waals surface area contributed by atoms with E-state index in [4.69, 9.17) is 0 Å². The summed E-state index contributed by atoms with van der Waals surface area (Å²) in [6.45, 7) is 0.994. The Bertz CT molecular complexity index is 826. The van der Waals surface area contributed by atoms with E-state index in [1.807, 2.05) is 24.3 Å². The van der Waals surface area contributed by atoms with Gasteiger partial charge in [0.15, 0.2) is 5.82 Å². The minimum Gasteiger partial charge on any atom is -0.326 e. The highest BCUT2D eigenvalue weighted by molar-refractivity contribution is 5.91.